The van der Waals surface area contributed by atoms with Gasteiger partial charge in [-0.3, -0.25) is 0 Å². The van der Waals surface area contributed by atoms with Gasteiger partial charge in [0.2, 0.25) is 0 Å². The minimum Gasteiger partial charge on any atom is -0.468 e. The molecule has 7 nitrogen and oxygen atoms in total. The van der Waals surface area contributed by atoms with Crippen molar-refractivity contribution in [1.29, 1.82) is 0 Å². The van der Waals surface area contributed by atoms with Crippen molar-refractivity contribution in [2.45, 2.75) is 39.0 Å². The highest BCUT2D eigenvalue weighted by atomic mass is 19.4. The molecule has 0 saturated carbocycles. The molecule has 35 heavy (non-hydrogen) atoms. The zero-order valence-electron chi connectivity index (χ0n) is 19.0. The summed E-state index contributed by atoms with van der Waals surface area (Å²) in [6, 6.07) is 5.77. The zero-order chi connectivity index (χ0) is 26.4. The summed E-state index contributed by atoms with van der Waals surface area (Å²) in [4.78, 5) is 22.3. The molecule has 1 N–H and O–H groups in total. The van der Waals surface area contributed by atoms with Crippen molar-refractivity contribution in [1.82, 2.24) is 5.48 Å². The van der Waals surface area contributed by atoms with Crippen LogP contribution in [0.15, 0.2) is 41.6 Å². The molecule has 0 aromatic heterocycles. The number of rotatable bonds is 9. The highest BCUT2D eigenvalue weighted by molar-refractivity contribution is 6.00. The number of oxime groups is 1. The van der Waals surface area contributed by atoms with E-state index in [-0.39, 0.29) is 18.4 Å². The SMILES string of the molecule is CONC(C(=O)OC)c1cccc(C)c1CO/N=C(\C)c1ccc(OC(F)(F)F)cc1C(F)(F)F. The van der Waals surface area contributed by atoms with E-state index in [0.717, 1.165) is 12.1 Å². The predicted octanol–water partition coefficient (Wildman–Crippen LogP) is 5.22. The molecular formula is C22H22F6N2O5. The lowest BCUT2D eigenvalue weighted by Gasteiger charge is -2.20. The molecular weight excluding hydrogens is 486 g/mol. The van der Waals surface area contributed by atoms with Crippen molar-refractivity contribution < 1.29 is 50.3 Å². The number of ether oxygens (including phenoxy) is 2. The molecule has 0 aliphatic heterocycles. The van der Waals surface area contributed by atoms with Crippen LogP contribution < -0.4 is 10.2 Å². The Labute approximate surface area is 196 Å². The maximum atomic E-state index is 13.5. The molecule has 0 heterocycles. The van der Waals surface area contributed by atoms with Crippen LogP contribution in [0.4, 0.5) is 26.3 Å². The summed E-state index contributed by atoms with van der Waals surface area (Å²) in [5, 5.41) is 3.71. The van der Waals surface area contributed by atoms with Crippen molar-refractivity contribution in [3.8, 4) is 5.75 Å². The standard InChI is InChI=1S/C22H22F6N2O5/c1-12-6-5-7-16(19(30-33-4)20(31)32-3)17(12)11-34-29-13(2)15-9-8-14(35-22(26,27)28)10-18(15)21(23,24)25/h5-10,19,30H,11H2,1-4H3/b29-13+. The van der Waals surface area contributed by atoms with Gasteiger partial charge >= 0.3 is 18.5 Å². The molecule has 0 amide bonds. The molecule has 2 aromatic rings. The Kier molecular flexibility index (Phi) is 9.10. The number of esters is 1. The molecule has 2 aromatic carbocycles. The minimum atomic E-state index is -5.15. The summed E-state index contributed by atoms with van der Waals surface area (Å²) in [7, 11) is 2.49. The molecule has 0 radical (unpaired) electrons. The second-order valence-electron chi connectivity index (χ2n) is 7.12. The van der Waals surface area contributed by atoms with Gasteiger partial charge in [0, 0.05) is 11.1 Å². The molecule has 0 aliphatic rings. The third kappa shape index (κ3) is 7.59. The van der Waals surface area contributed by atoms with Crippen LogP contribution in [0.1, 0.15) is 40.8 Å². The van der Waals surface area contributed by atoms with Crippen LogP contribution in [-0.4, -0.2) is 32.3 Å². The quantitative estimate of drug-likeness (QED) is 0.217. The first-order chi connectivity index (χ1) is 16.3. The average molecular weight is 508 g/mol. The number of hydroxylamine groups is 1. The Morgan fingerprint density at radius 1 is 1.09 bits per heavy atom. The first-order valence-corrected chi connectivity index (χ1v) is 9.87. The Balaban J connectivity index is 2.35. The van der Waals surface area contributed by atoms with Crippen molar-refractivity contribution in [2.75, 3.05) is 14.2 Å². The highest BCUT2D eigenvalue weighted by Crippen LogP contribution is 2.36. The molecule has 0 spiro atoms. The number of nitrogens with zero attached hydrogens (tertiary/aromatic N) is 1. The lowest BCUT2D eigenvalue weighted by atomic mass is 9.97. The molecule has 1 unspecified atom stereocenters. The van der Waals surface area contributed by atoms with Gasteiger partial charge in [-0.2, -0.15) is 18.7 Å². The normalized spacial score (nSPS) is 13.4. The smallest absolute Gasteiger partial charge is 0.468 e. The van der Waals surface area contributed by atoms with Gasteiger partial charge < -0.3 is 19.1 Å². The van der Waals surface area contributed by atoms with Crippen LogP contribution in [0.5, 0.6) is 5.75 Å². The number of methoxy groups -OCH3 is 1. The maximum Gasteiger partial charge on any atom is 0.573 e. The Hall–Kier alpha value is -3.32. The Bertz CT molecular complexity index is 1070. The number of alkyl halides is 6. The number of nitrogens with one attached hydrogen (secondary N) is 1. The van der Waals surface area contributed by atoms with Gasteiger partial charge in [0.05, 0.1) is 25.5 Å². The van der Waals surface area contributed by atoms with Gasteiger partial charge in [0.1, 0.15) is 12.4 Å². The van der Waals surface area contributed by atoms with E-state index in [9.17, 15) is 31.1 Å². The van der Waals surface area contributed by atoms with E-state index in [2.05, 4.69) is 15.4 Å². The largest absolute Gasteiger partial charge is 0.573 e. The number of halogens is 6. The number of aryl methyl sites for hydroxylation is 1. The molecule has 1 atom stereocenters. The number of carbonyl (C=O) groups excluding carboxylic acids is 1. The van der Waals surface area contributed by atoms with E-state index in [4.69, 9.17) is 14.4 Å². The summed E-state index contributed by atoms with van der Waals surface area (Å²) in [5.41, 5.74) is 1.99. The predicted molar refractivity (Wildman–Crippen MR) is 111 cm³/mol. The van der Waals surface area contributed by atoms with Crippen LogP contribution >= 0.6 is 0 Å². The van der Waals surface area contributed by atoms with E-state index < -0.39 is 41.4 Å². The van der Waals surface area contributed by atoms with Crippen LogP contribution in [0.25, 0.3) is 0 Å². The third-order valence-electron chi connectivity index (χ3n) is 4.76. The third-order valence-corrected chi connectivity index (χ3v) is 4.76. The van der Waals surface area contributed by atoms with Crippen molar-refractivity contribution in [3.05, 3.63) is 64.2 Å². The van der Waals surface area contributed by atoms with E-state index >= 15 is 0 Å². The lowest BCUT2D eigenvalue weighted by Crippen LogP contribution is -2.30. The monoisotopic (exact) mass is 508 g/mol. The van der Waals surface area contributed by atoms with Gasteiger partial charge in [-0.05, 0) is 43.2 Å². The average Bonchev–Trinajstić information content (AvgIpc) is 2.76. The van der Waals surface area contributed by atoms with Crippen LogP contribution in [0, 0.1) is 6.92 Å². The van der Waals surface area contributed by atoms with Gasteiger partial charge in [0.15, 0.2) is 6.04 Å². The first kappa shape index (κ1) is 27.9. The van der Waals surface area contributed by atoms with Gasteiger partial charge in [-0.25, -0.2) is 4.79 Å². The second-order valence-corrected chi connectivity index (χ2v) is 7.12. The minimum absolute atomic E-state index is 0.235. The number of hydrogen-bond acceptors (Lipinski definition) is 7. The van der Waals surface area contributed by atoms with Gasteiger partial charge in [-0.15, -0.1) is 13.2 Å². The number of hydrogen-bond donors (Lipinski definition) is 1. The Morgan fingerprint density at radius 3 is 2.34 bits per heavy atom. The van der Waals surface area contributed by atoms with Gasteiger partial charge in [-0.1, -0.05) is 23.4 Å². The van der Waals surface area contributed by atoms with Crippen LogP contribution in [0.3, 0.4) is 0 Å². The van der Waals surface area contributed by atoms with Crippen LogP contribution in [-0.2, 0) is 32.0 Å². The molecule has 2 rings (SSSR count). The van der Waals surface area contributed by atoms with Crippen molar-refractivity contribution >= 4 is 11.7 Å². The summed E-state index contributed by atoms with van der Waals surface area (Å²) >= 11 is 0. The number of benzene rings is 2. The fourth-order valence-corrected chi connectivity index (χ4v) is 3.18. The first-order valence-electron chi connectivity index (χ1n) is 9.87. The maximum absolute atomic E-state index is 13.5. The lowest BCUT2D eigenvalue weighted by molar-refractivity contribution is -0.274. The topological polar surface area (TPSA) is 78.4 Å². The molecule has 0 saturated heterocycles. The fraction of sp³-hybridized carbons (Fsp3) is 0.364. The second kappa shape index (κ2) is 11.4. The van der Waals surface area contributed by atoms with Crippen molar-refractivity contribution in [3.63, 3.8) is 0 Å². The summed E-state index contributed by atoms with van der Waals surface area (Å²) in [6.07, 6.45) is -10.1. The van der Waals surface area contributed by atoms with E-state index in [0.29, 0.717) is 16.7 Å². The van der Waals surface area contributed by atoms with Crippen LogP contribution in [0.2, 0.25) is 0 Å². The van der Waals surface area contributed by atoms with E-state index in [1.165, 1.54) is 21.1 Å². The molecule has 13 heteroatoms. The molecule has 0 aliphatic carbocycles. The molecule has 0 bridgehead atoms. The van der Waals surface area contributed by atoms with Crippen molar-refractivity contribution in [2.24, 2.45) is 5.16 Å². The highest BCUT2D eigenvalue weighted by Gasteiger charge is 2.37. The van der Waals surface area contributed by atoms with Gasteiger partial charge in [0.25, 0.3) is 0 Å². The summed E-state index contributed by atoms with van der Waals surface area (Å²) in [6.45, 7) is 2.69. The summed E-state index contributed by atoms with van der Waals surface area (Å²) < 4.78 is 86.0. The molecule has 192 valence electrons. The number of carbonyl (C=O) groups is 1. The zero-order valence-corrected chi connectivity index (χ0v) is 19.0. The molecule has 0 fully saturated rings. The fourth-order valence-electron chi connectivity index (χ4n) is 3.18. The van der Waals surface area contributed by atoms with E-state index in [1.54, 1.807) is 25.1 Å². The summed E-state index contributed by atoms with van der Waals surface area (Å²) in [5.74, 6) is -1.68. The Morgan fingerprint density at radius 2 is 1.77 bits per heavy atom. The van der Waals surface area contributed by atoms with E-state index in [1.807, 2.05) is 0 Å².